The number of carbonyl (C=O) groups excluding carboxylic acids is 4. The molecule has 1 aliphatic carbocycles. The quantitative estimate of drug-likeness (QED) is 0.118. The minimum Gasteiger partial charge on any atom is -0.444 e. The van der Waals surface area contributed by atoms with Crippen LogP contribution >= 0.6 is 0 Å². The summed E-state index contributed by atoms with van der Waals surface area (Å²) in [5.41, 5.74) is 4.91. The smallest absolute Gasteiger partial charge is 0.408 e. The molecule has 0 radical (unpaired) electrons. The van der Waals surface area contributed by atoms with Crippen molar-refractivity contribution in [2.24, 2.45) is 23.5 Å². The molecule has 0 unspecified atom stereocenters. The predicted octanol–water partition coefficient (Wildman–Crippen LogP) is 3.91. The fourth-order valence-electron chi connectivity index (χ4n) is 5.56. The Morgan fingerprint density at radius 1 is 0.909 bits per heavy atom. The molecular formula is C33H63N5O6. The maximum absolute atomic E-state index is 13.7. The van der Waals surface area contributed by atoms with Crippen molar-refractivity contribution in [1.82, 2.24) is 21.3 Å². The SMILES string of the molecule is CCCCNC(=O)[C@H](C)C[C@H](O)[C@H](CC1CCCCC1)NC(=O)[C@@H](NC(=O)[C@H](CCCCN)NC(=O)OC(C)(C)C)C(C)C. The normalized spacial score (nSPS) is 17.6. The molecule has 1 saturated carbocycles. The summed E-state index contributed by atoms with van der Waals surface area (Å²) in [6, 6.07) is -2.35. The summed E-state index contributed by atoms with van der Waals surface area (Å²) in [6.45, 7) is 13.8. The molecule has 7 N–H and O–H groups in total. The lowest BCUT2D eigenvalue weighted by Gasteiger charge is -2.33. The van der Waals surface area contributed by atoms with Gasteiger partial charge in [0.1, 0.15) is 17.7 Å². The van der Waals surface area contributed by atoms with E-state index in [1.165, 1.54) is 6.42 Å². The lowest BCUT2D eigenvalue weighted by molar-refractivity contribution is -0.132. The number of hydrogen-bond acceptors (Lipinski definition) is 7. The number of carbonyl (C=O) groups is 4. The van der Waals surface area contributed by atoms with E-state index in [-0.39, 0.29) is 18.2 Å². The summed E-state index contributed by atoms with van der Waals surface area (Å²) in [7, 11) is 0. The number of alkyl carbamates (subject to hydrolysis) is 1. The van der Waals surface area contributed by atoms with Crippen molar-refractivity contribution in [3.05, 3.63) is 0 Å². The molecule has 44 heavy (non-hydrogen) atoms. The van der Waals surface area contributed by atoms with Gasteiger partial charge >= 0.3 is 6.09 Å². The van der Waals surface area contributed by atoms with Crippen molar-refractivity contribution in [1.29, 1.82) is 0 Å². The second-order valence-electron chi connectivity index (χ2n) is 13.9. The molecule has 0 aromatic carbocycles. The zero-order valence-electron chi connectivity index (χ0n) is 28.5. The van der Waals surface area contributed by atoms with E-state index in [4.69, 9.17) is 10.5 Å². The topological polar surface area (TPSA) is 172 Å². The third-order valence-electron chi connectivity index (χ3n) is 8.18. The van der Waals surface area contributed by atoms with Crippen LogP contribution in [0.2, 0.25) is 0 Å². The molecule has 11 heteroatoms. The van der Waals surface area contributed by atoms with E-state index in [0.717, 1.165) is 38.5 Å². The molecule has 0 aromatic rings. The van der Waals surface area contributed by atoms with Gasteiger partial charge in [-0.15, -0.1) is 0 Å². The lowest BCUT2D eigenvalue weighted by atomic mass is 9.82. The molecule has 0 bridgehead atoms. The first-order chi connectivity index (χ1) is 20.7. The number of aliphatic hydroxyl groups is 1. The number of rotatable bonds is 19. The number of unbranched alkanes of at least 4 members (excludes halogenated alkanes) is 2. The number of amides is 4. The Bertz CT molecular complexity index is 871. The van der Waals surface area contributed by atoms with Gasteiger partial charge in [0, 0.05) is 12.5 Å². The number of nitrogens with one attached hydrogen (secondary N) is 4. The van der Waals surface area contributed by atoms with Crippen LogP contribution in [-0.4, -0.2) is 71.8 Å². The summed E-state index contributed by atoms with van der Waals surface area (Å²) in [5.74, 6) is -1.29. The van der Waals surface area contributed by atoms with Crippen LogP contribution in [0.25, 0.3) is 0 Å². The van der Waals surface area contributed by atoms with Crippen LogP contribution < -0.4 is 27.0 Å². The Kier molecular flexibility index (Phi) is 18.5. The van der Waals surface area contributed by atoms with Gasteiger partial charge in [0.05, 0.1) is 12.1 Å². The molecule has 1 rings (SSSR count). The van der Waals surface area contributed by atoms with Crippen LogP contribution in [0.1, 0.15) is 126 Å². The van der Waals surface area contributed by atoms with Crippen LogP contribution in [0, 0.1) is 17.8 Å². The van der Waals surface area contributed by atoms with Crippen molar-refractivity contribution in [2.45, 2.75) is 155 Å². The molecular weight excluding hydrogens is 562 g/mol. The molecule has 256 valence electrons. The van der Waals surface area contributed by atoms with Gasteiger partial charge in [0.2, 0.25) is 17.7 Å². The van der Waals surface area contributed by atoms with E-state index in [1.54, 1.807) is 27.7 Å². The first-order valence-electron chi connectivity index (χ1n) is 16.9. The Hall–Kier alpha value is -2.40. The summed E-state index contributed by atoms with van der Waals surface area (Å²) >= 11 is 0. The molecule has 0 aliphatic heterocycles. The maximum Gasteiger partial charge on any atom is 0.408 e. The molecule has 1 fully saturated rings. The standard InChI is InChI=1S/C33H63N5O6/c1-8-9-19-35-29(40)23(4)20-27(39)26(21-24-15-11-10-12-16-24)36-31(42)28(22(2)3)38-30(41)25(17-13-14-18-34)37-32(43)44-33(5,6)7/h22-28,39H,8-21,34H2,1-7H3,(H,35,40)(H,36,42)(H,37,43)(H,38,41)/t23-,25+,26+,27+,28+/m1/s1. The maximum atomic E-state index is 13.7. The second kappa shape index (κ2) is 20.6. The van der Waals surface area contributed by atoms with E-state index in [2.05, 4.69) is 28.2 Å². The lowest BCUT2D eigenvalue weighted by Crippen LogP contribution is -2.58. The highest BCUT2D eigenvalue weighted by atomic mass is 16.6. The number of hydrogen-bond donors (Lipinski definition) is 6. The Morgan fingerprint density at radius 3 is 2.14 bits per heavy atom. The second-order valence-corrected chi connectivity index (χ2v) is 13.9. The summed E-state index contributed by atoms with van der Waals surface area (Å²) in [4.78, 5) is 52.3. The molecule has 0 spiro atoms. The zero-order chi connectivity index (χ0) is 33.3. The van der Waals surface area contributed by atoms with Gasteiger partial charge in [-0.3, -0.25) is 14.4 Å². The van der Waals surface area contributed by atoms with E-state index in [0.29, 0.717) is 44.7 Å². The van der Waals surface area contributed by atoms with Gasteiger partial charge in [0.25, 0.3) is 0 Å². The van der Waals surface area contributed by atoms with Gasteiger partial charge < -0.3 is 36.8 Å². The van der Waals surface area contributed by atoms with Crippen molar-refractivity contribution in [3.8, 4) is 0 Å². The van der Waals surface area contributed by atoms with Gasteiger partial charge in [-0.25, -0.2) is 4.79 Å². The molecule has 0 saturated heterocycles. The van der Waals surface area contributed by atoms with Crippen LogP contribution in [0.4, 0.5) is 4.79 Å². The average Bonchev–Trinajstić information content (AvgIpc) is 2.94. The Balaban J connectivity index is 3.05. The highest BCUT2D eigenvalue weighted by Crippen LogP contribution is 2.29. The Labute approximate surface area is 266 Å². The molecule has 5 atom stereocenters. The minimum absolute atomic E-state index is 0.106. The van der Waals surface area contributed by atoms with E-state index < -0.39 is 53.7 Å². The number of nitrogens with two attached hydrogens (primary N) is 1. The highest BCUT2D eigenvalue weighted by Gasteiger charge is 2.34. The van der Waals surface area contributed by atoms with Crippen molar-refractivity contribution in [3.63, 3.8) is 0 Å². The fourth-order valence-corrected chi connectivity index (χ4v) is 5.56. The highest BCUT2D eigenvalue weighted by molar-refractivity contribution is 5.91. The predicted molar refractivity (Wildman–Crippen MR) is 174 cm³/mol. The largest absolute Gasteiger partial charge is 0.444 e. The third kappa shape index (κ3) is 16.1. The Morgan fingerprint density at radius 2 is 1.57 bits per heavy atom. The third-order valence-corrected chi connectivity index (χ3v) is 8.18. The number of aliphatic hydroxyl groups excluding tert-OH is 1. The van der Waals surface area contributed by atoms with E-state index >= 15 is 0 Å². The van der Waals surface area contributed by atoms with Crippen LogP contribution in [-0.2, 0) is 19.1 Å². The van der Waals surface area contributed by atoms with Gasteiger partial charge in [-0.2, -0.15) is 0 Å². The monoisotopic (exact) mass is 625 g/mol. The minimum atomic E-state index is -0.922. The van der Waals surface area contributed by atoms with Gasteiger partial charge in [-0.05, 0) is 77.7 Å². The van der Waals surface area contributed by atoms with Crippen molar-refractivity contribution >= 4 is 23.8 Å². The van der Waals surface area contributed by atoms with Crippen LogP contribution in [0.5, 0.6) is 0 Å². The van der Waals surface area contributed by atoms with Crippen LogP contribution in [0.3, 0.4) is 0 Å². The zero-order valence-corrected chi connectivity index (χ0v) is 28.5. The number of ether oxygens (including phenoxy) is 1. The van der Waals surface area contributed by atoms with E-state index in [9.17, 15) is 24.3 Å². The first kappa shape index (κ1) is 39.6. The summed E-state index contributed by atoms with van der Waals surface area (Å²) in [5, 5.41) is 22.8. The van der Waals surface area contributed by atoms with Crippen LogP contribution in [0.15, 0.2) is 0 Å². The van der Waals surface area contributed by atoms with Crippen molar-refractivity contribution < 1.29 is 29.0 Å². The molecule has 0 heterocycles. The molecule has 4 amide bonds. The summed E-state index contributed by atoms with van der Waals surface area (Å²) in [6.07, 6.45) is 8.23. The average molecular weight is 626 g/mol. The molecule has 0 aromatic heterocycles. The molecule has 1 aliphatic rings. The first-order valence-corrected chi connectivity index (χ1v) is 16.9. The molecule has 11 nitrogen and oxygen atoms in total. The fraction of sp³-hybridized carbons (Fsp3) is 0.879. The van der Waals surface area contributed by atoms with E-state index in [1.807, 2.05) is 13.8 Å². The summed E-state index contributed by atoms with van der Waals surface area (Å²) < 4.78 is 5.36. The van der Waals surface area contributed by atoms with Gasteiger partial charge in [-0.1, -0.05) is 66.2 Å². The van der Waals surface area contributed by atoms with Gasteiger partial charge in [0.15, 0.2) is 0 Å². The van der Waals surface area contributed by atoms with Crippen molar-refractivity contribution in [2.75, 3.05) is 13.1 Å².